The van der Waals surface area contributed by atoms with Crippen LogP contribution in [0.3, 0.4) is 0 Å². The first-order chi connectivity index (χ1) is 12.5. The molecule has 2 rings (SSSR count). The summed E-state index contributed by atoms with van der Waals surface area (Å²) < 4.78 is 7.26. The molecule has 1 aromatic heterocycles. The van der Waals surface area contributed by atoms with Crippen LogP contribution in [0.1, 0.15) is 30.8 Å². The fourth-order valence-electron chi connectivity index (χ4n) is 2.73. The summed E-state index contributed by atoms with van der Waals surface area (Å²) in [6.07, 6.45) is 0. The molecule has 0 aliphatic heterocycles. The Kier molecular flexibility index (Phi) is 7.51. The summed E-state index contributed by atoms with van der Waals surface area (Å²) in [5.41, 5.74) is 3.42. The van der Waals surface area contributed by atoms with Gasteiger partial charge in [-0.2, -0.15) is 5.10 Å². The number of benzene rings is 1. The minimum absolute atomic E-state index is 0.442. The predicted octanol–water partition coefficient (Wildman–Crippen LogP) is 2.90. The van der Waals surface area contributed by atoms with Crippen LogP contribution in [0.5, 0.6) is 5.75 Å². The summed E-state index contributed by atoms with van der Waals surface area (Å²) in [7, 11) is 1.67. The van der Waals surface area contributed by atoms with E-state index in [1.54, 1.807) is 7.11 Å². The Morgan fingerprint density at radius 3 is 2.54 bits per heavy atom. The molecule has 0 spiro atoms. The van der Waals surface area contributed by atoms with Gasteiger partial charge in [0.1, 0.15) is 5.75 Å². The van der Waals surface area contributed by atoms with E-state index in [-0.39, 0.29) is 0 Å². The highest BCUT2D eigenvalue weighted by Gasteiger charge is 2.08. The van der Waals surface area contributed by atoms with Crippen molar-refractivity contribution in [3.05, 3.63) is 47.3 Å². The van der Waals surface area contributed by atoms with E-state index in [2.05, 4.69) is 52.2 Å². The van der Waals surface area contributed by atoms with Gasteiger partial charge in [0.25, 0.3) is 0 Å². The molecule has 0 saturated heterocycles. The highest BCUT2D eigenvalue weighted by atomic mass is 16.5. The van der Waals surface area contributed by atoms with E-state index >= 15 is 0 Å². The molecular weight excluding hydrogens is 326 g/mol. The van der Waals surface area contributed by atoms with Crippen molar-refractivity contribution in [2.24, 2.45) is 10.9 Å². The number of methoxy groups -OCH3 is 1. The molecule has 2 N–H and O–H groups in total. The van der Waals surface area contributed by atoms with Crippen molar-refractivity contribution in [2.45, 2.75) is 40.8 Å². The van der Waals surface area contributed by atoms with Gasteiger partial charge >= 0.3 is 0 Å². The molecule has 0 aliphatic rings. The Labute approximate surface area is 156 Å². The van der Waals surface area contributed by atoms with Crippen molar-refractivity contribution in [3.8, 4) is 5.75 Å². The average molecular weight is 358 g/mol. The number of rotatable bonds is 8. The number of nitrogens with zero attached hydrogens (tertiary/aromatic N) is 3. The van der Waals surface area contributed by atoms with E-state index in [0.29, 0.717) is 12.5 Å². The normalized spacial score (nSPS) is 12.7. The molecule has 26 heavy (non-hydrogen) atoms. The predicted molar refractivity (Wildman–Crippen MR) is 107 cm³/mol. The first kappa shape index (κ1) is 19.8. The average Bonchev–Trinajstić information content (AvgIpc) is 2.94. The van der Waals surface area contributed by atoms with Crippen LogP contribution < -0.4 is 15.4 Å². The van der Waals surface area contributed by atoms with E-state index in [4.69, 9.17) is 4.74 Å². The first-order valence-electron chi connectivity index (χ1n) is 9.18. The lowest BCUT2D eigenvalue weighted by Gasteiger charge is -2.16. The van der Waals surface area contributed by atoms with Crippen LogP contribution in [0.15, 0.2) is 35.3 Å². The molecule has 0 amide bonds. The quantitative estimate of drug-likeness (QED) is 0.563. The Hall–Kier alpha value is -2.50. The molecule has 142 valence electrons. The fourth-order valence-corrected chi connectivity index (χ4v) is 2.73. The van der Waals surface area contributed by atoms with Crippen LogP contribution in [0.25, 0.3) is 0 Å². The van der Waals surface area contributed by atoms with Crippen molar-refractivity contribution in [1.29, 1.82) is 0 Å². The summed E-state index contributed by atoms with van der Waals surface area (Å²) in [6, 6.07) is 10.1. The highest BCUT2D eigenvalue weighted by Crippen LogP contribution is 2.12. The van der Waals surface area contributed by atoms with Gasteiger partial charge in [-0.1, -0.05) is 19.1 Å². The van der Waals surface area contributed by atoms with Crippen molar-refractivity contribution in [3.63, 3.8) is 0 Å². The lowest BCUT2D eigenvalue weighted by Crippen LogP contribution is -2.40. The number of aromatic nitrogens is 2. The molecular formula is C20H31N5O. The maximum Gasteiger partial charge on any atom is 0.191 e. The minimum atomic E-state index is 0.442. The molecule has 0 radical (unpaired) electrons. The molecule has 0 fully saturated rings. The number of aliphatic imine (C=N–C) groups is 1. The van der Waals surface area contributed by atoms with Crippen LogP contribution in [0, 0.1) is 19.8 Å². The molecule has 0 aliphatic carbocycles. The van der Waals surface area contributed by atoms with E-state index in [9.17, 15) is 0 Å². The van der Waals surface area contributed by atoms with Gasteiger partial charge in [-0.05, 0) is 50.5 Å². The van der Waals surface area contributed by atoms with Crippen LogP contribution in [-0.4, -0.2) is 35.9 Å². The van der Waals surface area contributed by atoms with E-state index in [1.165, 1.54) is 5.69 Å². The van der Waals surface area contributed by atoms with Crippen LogP contribution in [-0.2, 0) is 13.1 Å². The maximum absolute atomic E-state index is 5.19. The van der Waals surface area contributed by atoms with E-state index in [0.717, 1.165) is 42.6 Å². The number of guanidine groups is 1. The molecule has 0 saturated carbocycles. The van der Waals surface area contributed by atoms with Gasteiger partial charge in [-0.25, -0.2) is 4.99 Å². The molecule has 2 aromatic rings. The van der Waals surface area contributed by atoms with Crippen LogP contribution in [0.4, 0.5) is 0 Å². The van der Waals surface area contributed by atoms with Gasteiger partial charge < -0.3 is 15.4 Å². The van der Waals surface area contributed by atoms with Gasteiger partial charge in [-0.15, -0.1) is 0 Å². The topological polar surface area (TPSA) is 63.5 Å². The van der Waals surface area contributed by atoms with Crippen molar-refractivity contribution in [1.82, 2.24) is 20.4 Å². The highest BCUT2D eigenvalue weighted by molar-refractivity contribution is 5.79. The molecule has 1 heterocycles. The zero-order valence-corrected chi connectivity index (χ0v) is 16.5. The second-order valence-electron chi connectivity index (χ2n) is 6.64. The lowest BCUT2D eigenvalue weighted by molar-refractivity contribution is 0.414. The van der Waals surface area contributed by atoms with Crippen molar-refractivity contribution < 1.29 is 4.74 Å². The maximum atomic E-state index is 5.19. The van der Waals surface area contributed by atoms with Crippen molar-refractivity contribution in [2.75, 3.05) is 20.2 Å². The molecule has 0 bridgehead atoms. The first-order valence-corrected chi connectivity index (χ1v) is 9.18. The zero-order valence-electron chi connectivity index (χ0n) is 16.5. The zero-order chi connectivity index (χ0) is 18.9. The van der Waals surface area contributed by atoms with Crippen LogP contribution >= 0.6 is 0 Å². The van der Waals surface area contributed by atoms with Crippen molar-refractivity contribution >= 4 is 5.96 Å². The van der Waals surface area contributed by atoms with Gasteiger partial charge in [0.15, 0.2) is 5.96 Å². The standard InChI is InChI=1S/C20H31N5O/c1-6-21-20(23-13-18-7-9-19(26-5)10-8-18)22-12-15(2)14-25-17(4)11-16(3)24-25/h7-11,15H,6,12-14H2,1-5H3,(H2,21,22,23). The lowest BCUT2D eigenvalue weighted by atomic mass is 10.2. The monoisotopic (exact) mass is 357 g/mol. The fraction of sp³-hybridized carbons (Fsp3) is 0.500. The SMILES string of the molecule is CCNC(=NCc1ccc(OC)cc1)NCC(C)Cn1nc(C)cc1C. The molecule has 1 unspecified atom stereocenters. The van der Waals surface area contributed by atoms with Gasteiger partial charge in [0, 0.05) is 25.3 Å². The molecule has 6 nitrogen and oxygen atoms in total. The minimum Gasteiger partial charge on any atom is -0.497 e. The number of hydrogen-bond acceptors (Lipinski definition) is 3. The third-order valence-corrected chi connectivity index (χ3v) is 4.13. The summed E-state index contributed by atoms with van der Waals surface area (Å²) in [5, 5.41) is 11.3. The Morgan fingerprint density at radius 1 is 1.23 bits per heavy atom. The summed E-state index contributed by atoms with van der Waals surface area (Å²) in [5.74, 6) is 2.14. The summed E-state index contributed by atoms with van der Waals surface area (Å²) in [6.45, 7) is 11.6. The number of ether oxygens (including phenoxy) is 1. The van der Waals surface area contributed by atoms with Gasteiger partial charge in [0.2, 0.25) is 0 Å². The van der Waals surface area contributed by atoms with E-state index < -0.39 is 0 Å². The second-order valence-corrected chi connectivity index (χ2v) is 6.64. The largest absolute Gasteiger partial charge is 0.497 e. The molecule has 1 atom stereocenters. The third kappa shape index (κ3) is 6.10. The number of nitrogens with one attached hydrogen (secondary N) is 2. The Bertz CT molecular complexity index is 705. The summed E-state index contributed by atoms with van der Waals surface area (Å²) in [4.78, 5) is 4.67. The van der Waals surface area contributed by atoms with Crippen LogP contribution in [0.2, 0.25) is 0 Å². The van der Waals surface area contributed by atoms with Gasteiger partial charge in [0.05, 0.1) is 19.3 Å². The molecule has 6 heteroatoms. The Balaban J connectivity index is 1.88. The smallest absolute Gasteiger partial charge is 0.191 e. The Morgan fingerprint density at radius 2 is 1.96 bits per heavy atom. The number of hydrogen-bond donors (Lipinski definition) is 2. The number of aryl methyl sites for hydroxylation is 2. The summed E-state index contributed by atoms with van der Waals surface area (Å²) >= 11 is 0. The third-order valence-electron chi connectivity index (χ3n) is 4.13. The van der Waals surface area contributed by atoms with Gasteiger partial charge in [-0.3, -0.25) is 4.68 Å². The second kappa shape index (κ2) is 9.85. The van der Waals surface area contributed by atoms with E-state index in [1.807, 2.05) is 31.2 Å². The molecule has 1 aromatic carbocycles.